The Morgan fingerprint density at radius 2 is 2.05 bits per heavy atom. The van der Waals surface area contributed by atoms with Gasteiger partial charge in [-0.05, 0) is 51.5 Å². The first-order chi connectivity index (χ1) is 9.00. The molecular weight excluding hydrogens is 262 g/mol. The quantitative estimate of drug-likeness (QED) is 0.838. The number of nitrogens with one attached hydrogen (secondary N) is 1. The van der Waals surface area contributed by atoms with E-state index < -0.39 is 9.84 Å². The molecule has 4 unspecified atom stereocenters. The Kier molecular flexibility index (Phi) is 5.26. The highest BCUT2D eigenvalue weighted by molar-refractivity contribution is 7.91. The summed E-state index contributed by atoms with van der Waals surface area (Å²) in [6.07, 6.45) is 8.93. The van der Waals surface area contributed by atoms with E-state index in [4.69, 9.17) is 4.74 Å². The Labute approximate surface area is 117 Å². The Morgan fingerprint density at radius 1 is 1.26 bits per heavy atom. The second-order valence-corrected chi connectivity index (χ2v) is 8.47. The van der Waals surface area contributed by atoms with Gasteiger partial charge in [-0.2, -0.15) is 0 Å². The first kappa shape index (κ1) is 15.3. The molecule has 1 saturated carbocycles. The minimum atomic E-state index is -2.89. The molecule has 0 spiro atoms. The Bertz CT molecular complexity index is 376. The van der Waals surface area contributed by atoms with Crippen LogP contribution < -0.4 is 5.32 Å². The number of hydrogen-bond donors (Lipinski definition) is 1. The van der Waals surface area contributed by atoms with Crippen molar-refractivity contribution in [2.24, 2.45) is 5.92 Å². The lowest BCUT2D eigenvalue weighted by molar-refractivity contribution is 0.0843. The fourth-order valence-corrected chi connectivity index (χ4v) is 4.79. The van der Waals surface area contributed by atoms with Gasteiger partial charge >= 0.3 is 0 Å². The number of ether oxygens (including phenoxy) is 1. The summed E-state index contributed by atoms with van der Waals surface area (Å²) >= 11 is 0. The highest BCUT2D eigenvalue weighted by Crippen LogP contribution is 2.33. The van der Waals surface area contributed by atoms with Crippen LogP contribution in [0.1, 0.15) is 44.9 Å². The average Bonchev–Trinajstić information content (AvgIpc) is 2.88. The van der Waals surface area contributed by atoms with Gasteiger partial charge in [0.25, 0.3) is 0 Å². The molecule has 1 saturated heterocycles. The fraction of sp³-hybridized carbons (Fsp3) is 1.00. The molecule has 0 aromatic rings. The predicted octanol–water partition coefficient (Wildman–Crippen LogP) is 1.75. The van der Waals surface area contributed by atoms with E-state index >= 15 is 0 Å². The number of rotatable bonds is 5. The third-order valence-corrected chi connectivity index (χ3v) is 6.39. The highest BCUT2D eigenvalue weighted by atomic mass is 32.2. The maximum atomic E-state index is 11.7. The summed E-state index contributed by atoms with van der Waals surface area (Å²) in [5.74, 6) is 0.475. The van der Waals surface area contributed by atoms with Crippen molar-refractivity contribution in [1.82, 2.24) is 5.32 Å². The molecule has 0 aromatic carbocycles. The summed E-state index contributed by atoms with van der Waals surface area (Å²) in [7, 11) is -0.897. The van der Waals surface area contributed by atoms with Crippen LogP contribution in [-0.4, -0.2) is 45.7 Å². The molecule has 0 aromatic heterocycles. The summed E-state index contributed by atoms with van der Waals surface area (Å²) in [6.45, 7) is 0.887. The van der Waals surface area contributed by atoms with E-state index in [0.29, 0.717) is 18.1 Å². The molecule has 2 fully saturated rings. The Balaban J connectivity index is 1.93. The maximum absolute atomic E-state index is 11.7. The van der Waals surface area contributed by atoms with Crippen molar-refractivity contribution in [3.63, 3.8) is 0 Å². The van der Waals surface area contributed by atoms with Gasteiger partial charge in [-0.1, -0.05) is 6.42 Å². The molecular formula is C14H27NO3S. The fourth-order valence-electron chi connectivity index (χ4n) is 3.59. The summed E-state index contributed by atoms with van der Waals surface area (Å²) in [5, 5.41) is 3.26. The lowest BCUT2D eigenvalue weighted by atomic mass is 9.81. The zero-order chi connectivity index (χ0) is 13.9. The molecule has 2 aliphatic rings. The van der Waals surface area contributed by atoms with Crippen LogP contribution >= 0.6 is 0 Å². The predicted molar refractivity (Wildman–Crippen MR) is 77.0 cm³/mol. The van der Waals surface area contributed by atoms with E-state index in [0.717, 1.165) is 51.6 Å². The first-order valence-electron chi connectivity index (χ1n) is 7.48. The summed E-state index contributed by atoms with van der Waals surface area (Å²) in [5.41, 5.74) is 0. The van der Waals surface area contributed by atoms with Crippen molar-refractivity contribution < 1.29 is 13.2 Å². The minimum absolute atomic E-state index is 0.133. The van der Waals surface area contributed by atoms with E-state index in [-0.39, 0.29) is 5.25 Å². The van der Waals surface area contributed by atoms with E-state index in [1.54, 1.807) is 0 Å². The van der Waals surface area contributed by atoms with Crippen molar-refractivity contribution in [3.05, 3.63) is 0 Å². The van der Waals surface area contributed by atoms with E-state index in [2.05, 4.69) is 5.32 Å². The molecule has 1 N–H and O–H groups in total. The smallest absolute Gasteiger partial charge is 0.150 e. The van der Waals surface area contributed by atoms with Gasteiger partial charge in [0, 0.05) is 18.9 Å². The Hall–Kier alpha value is -0.130. The van der Waals surface area contributed by atoms with Gasteiger partial charge in [-0.15, -0.1) is 0 Å². The molecule has 0 bridgehead atoms. The third kappa shape index (κ3) is 4.17. The van der Waals surface area contributed by atoms with E-state index in [1.807, 2.05) is 7.05 Å². The SMILES string of the molecule is CNC(CC1CCCO1)C1CCCC(S(C)(=O)=O)C1. The summed E-state index contributed by atoms with van der Waals surface area (Å²) in [6, 6.07) is 0.396. The van der Waals surface area contributed by atoms with Gasteiger partial charge in [0.15, 0.2) is 0 Å². The van der Waals surface area contributed by atoms with Crippen LogP contribution in [-0.2, 0) is 14.6 Å². The van der Waals surface area contributed by atoms with Gasteiger partial charge in [-0.25, -0.2) is 8.42 Å². The average molecular weight is 289 g/mol. The largest absolute Gasteiger partial charge is 0.378 e. The van der Waals surface area contributed by atoms with Crippen LogP contribution in [0, 0.1) is 5.92 Å². The first-order valence-corrected chi connectivity index (χ1v) is 9.44. The van der Waals surface area contributed by atoms with Gasteiger partial charge in [0.1, 0.15) is 9.84 Å². The van der Waals surface area contributed by atoms with Gasteiger partial charge in [-0.3, -0.25) is 0 Å². The molecule has 0 radical (unpaired) electrons. The van der Waals surface area contributed by atoms with Crippen LogP contribution in [0.4, 0.5) is 0 Å². The van der Waals surface area contributed by atoms with Crippen molar-refractivity contribution in [2.75, 3.05) is 19.9 Å². The standard InChI is InChI=1S/C14H27NO3S/c1-15-14(10-12-6-4-8-18-12)11-5-3-7-13(9-11)19(2,16)17/h11-15H,3-10H2,1-2H3. The molecule has 1 aliphatic carbocycles. The van der Waals surface area contributed by atoms with Crippen LogP contribution in [0.15, 0.2) is 0 Å². The monoisotopic (exact) mass is 289 g/mol. The lowest BCUT2D eigenvalue weighted by Crippen LogP contribution is -2.41. The summed E-state index contributed by atoms with van der Waals surface area (Å²) in [4.78, 5) is 0. The third-order valence-electron chi connectivity index (χ3n) is 4.75. The van der Waals surface area contributed by atoms with Gasteiger partial charge in [0.05, 0.1) is 11.4 Å². The topological polar surface area (TPSA) is 55.4 Å². The molecule has 4 atom stereocenters. The molecule has 0 amide bonds. The van der Waals surface area contributed by atoms with Crippen LogP contribution in [0.3, 0.4) is 0 Å². The molecule has 2 rings (SSSR count). The molecule has 5 heteroatoms. The normalized spacial score (nSPS) is 34.3. The number of hydrogen-bond acceptors (Lipinski definition) is 4. The van der Waals surface area contributed by atoms with Crippen LogP contribution in [0.5, 0.6) is 0 Å². The van der Waals surface area contributed by atoms with Crippen molar-refractivity contribution >= 4 is 9.84 Å². The molecule has 112 valence electrons. The highest BCUT2D eigenvalue weighted by Gasteiger charge is 2.34. The van der Waals surface area contributed by atoms with Gasteiger partial charge < -0.3 is 10.1 Å². The van der Waals surface area contributed by atoms with Crippen molar-refractivity contribution in [1.29, 1.82) is 0 Å². The summed E-state index contributed by atoms with van der Waals surface area (Å²) < 4.78 is 29.2. The van der Waals surface area contributed by atoms with Gasteiger partial charge in [0.2, 0.25) is 0 Å². The minimum Gasteiger partial charge on any atom is -0.378 e. The van der Waals surface area contributed by atoms with Crippen LogP contribution in [0.25, 0.3) is 0 Å². The second-order valence-electron chi connectivity index (χ2n) is 6.14. The molecule has 19 heavy (non-hydrogen) atoms. The van der Waals surface area contributed by atoms with E-state index in [1.165, 1.54) is 6.26 Å². The van der Waals surface area contributed by atoms with Crippen LogP contribution in [0.2, 0.25) is 0 Å². The second kappa shape index (κ2) is 6.55. The number of sulfone groups is 1. The lowest BCUT2D eigenvalue weighted by Gasteiger charge is -2.34. The zero-order valence-electron chi connectivity index (χ0n) is 12.1. The molecule has 1 heterocycles. The zero-order valence-corrected chi connectivity index (χ0v) is 12.9. The maximum Gasteiger partial charge on any atom is 0.150 e. The Morgan fingerprint density at radius 3 is 2.63 bits per heavy atom. The molecule has 1 aliphatic heterocycles. The molecule has 4 nitrogen and oxygen atoms in total. The van der Waals surface area contributed by atoms with Crippen molar-refractivity contribution in [3.8, 4) is 0 Å². The van der Waals surface area contributed by atoms with Crippen molar-refractivity contribution in [2.45, 2.75) is 62.3 Å². The van der Waals surface area contributed by atoms with E-state index in [9.17, 15) is 8.42 Å².